The zero-order chi connectivity index (χ0) is 21.1. The first-order valence-corrected chi connectivity index (χ1v) is 10.3. The van der Waals surface area contributed by atoms with E-state index in [2.05, 4.69) is 26.1 Å². The van der Waals surface area contributed by atoms with Crippen molar-refractivity contribution in [1.29, 1.82) is 0 Å². The number of methoxy groups -OCH3 is 1. The molecule has 0 heterocycles. The number of amides is 1. The van der Waals surface area contributed by atoms with Crippen molar-refractivity contribution in [1.82, 2.24) is 5.32 Å². The summed E-state index contributed by atoms with van der Waals surface area (Å²) in [6.45, 7) is 8.22. The van der Waals surface area contributed by atoms with Crippen LogP contribution in [0.15, 0.2) is 42.5 Å². The van der Waals surface area contributed by atoms with Gasteiger partial charge in [0, 0.05) is 12.1 Å². The molecule has 0 aliphatic carbocycles. The van der Waals surface area contributed by atoms with Crippen LogP contribution in [0.4, 0.5) is 0 Å². The minimum Gasteiger partial charge on any atom is -0.494 e. The number of hydrogen-bond acceptors (Lipinski definition) is 4. The largest absolute Gasteiger partial charge is 0.494 e. The first-order valence-electron chi connectivity index (χ1n) is 10.3. The van der Waals surface area contributed by atoms with Crippen molar-refractivity contribution in [2.45, 2.75) is 46.6 Å². The van der Waals surface area contributed by atoms with Gasteiger partial charge in [-0.15, -0.1) is 0 Å². The van der Waals surface area contributed by atoms with E-state index in [4.69, 9.17) is 14.2 Å². The summed E-state index contributed by atoms with van der Waals surface area (Å²) in [5.41, 5.74) is 1.55. The lowest BCUT2D eigenvalue weighted by atomic mass is 10.1. The Bertz CT molecular complexity index is 756. The van der Waals surface area contributed by atoms with E-state index >= 15 is 0 Å². The number of unbranched alkanes of at least 4 members (excludes halogenated alkanes) is 1. The maximum absolute atomic E-state index is 12.4. The molecule has 0 aliphatic rings. The number of ether oxygens (including phenoxy) is 3. The van der Waals surface area contributed by atoms with Crippen LogP contribution in [-0.2, 0) is 6.54 Å². The predicted octanol–water partition coefficient (Wildman–Crippen LogP) is 5.23. The quantitative estimate of drug-likeness (QED) is 0.497. The molecular weight excluding hydrogens is 366 g/mol. The summed E-state index contributed by atoms with van der Waals surface area (Å²) < 4.78 is 16.9. The molecule has 0 saturated carbocycles. The second kappa shape index (κ2) is 12.0. The molecule has 0 radical (unpaired) electrons. The lowest BCUT2D eigenvalue weighted by molar-refractivity contribution is 0.0951. The summed E-state index contributed by atoms with van der Waals surface area (Å²) in [7, 11) is 1.62. The highest BCUT2D eigenvalue weighted by Gasteiger charge is 2.09. The molecule has 2 aromatic carbocycles. The zero-order valence-corrected chi connectivity index (χ0v) is 18.0. The average molecular weight is 400 g/mol. The molecule has 0 spiro atoms. The summed E-state index contributed by atoms with van der Waals surface area (Å²) in [6.07, 6.45) is 3.09. The molecule has 0 unspecified atom stereocenters. The summed E-state index contributed by atoms with van der Waals surface area (Å²) >= 11 is 0. The fourth-order valence-corrected chi connectivity index (χ4v) is 2.67. The van der Waals surface area contributed by atoms with E-state index in [1.807, 2.05) is 30.3 Å². The number of rotatable bonds is 12. The number of nitrogens with one attached hydrogen (secondary N) is 1. The van der Waals surface area contributed by atoms with Crippen LogP contribution in [0.5, 0.6) is 17.2 Å². The Morgan fingerprint density at radius 2 is 1.76 bits per heavy atom. The average Bonchev–Trinajstić information content (AvgIpc) is 2.73. The minimum atomic E-state index is -0.124. The van der Waals surface area contributed by atoms with Gasteiger partial charge in [0.25, 0.3) is 5.91 Å². The van der Waals surface area contributed by atoms with Crippen molar-refractivity contribution >= 4 is 5.91 Å². The van der Waals surface area contributed by atoms with E-state index < -0.39 is 0 Å². The van der Waals surface area contributed by atoms with Crippen LogP contribution in [0.25, 0.3) is 0 Å². The van der Waals surface area contributed by atoms with E-state index in [0.29, 0.717) is 37.0 Å². The van der Waals surface area contributed by atoms with Crippen molar-refractivity contribution in [3.8, 4) is 17.2 Å². The van der Waals surface area contributed by atoms with E-state index in [1.54, 1.807) is 19.2 Å². The van der Waals surface area contributed by atoms with Gasteiger partial charge in [-0.2, -0.15) is 0 Å². The SMILES string of the molecule is CCCCOc1ccc(CNC(=O)c2ccc(OCCC(C)C)cc2)cc1OC. The molecule has 29 heavy (non-hydrogen) atoms. The van der Waals surface area contributed by atoms with Crippen molar-refractivity contribution in [3.05, 3.63) is 53.6 Å². The van der Waals surface area contributed by atoms with E-state index in [0.717, 1.165) is 36.3 Å². The molecule has 0 bridgehead atoms. The zero-order valence-electron chi connectivity index (χ0n) is 18.0. The summed E-state index contributed by atoms with van der Waals surface area (Å²) in [6, 6.07) is 13.0. The van der Waals surface area contributed by atoms with Crippen LogP contribution in [0.2, 0.25) is 0 Å². The van der Waals surface area contributed by atoms with Gasteiger partial charge in [0.05, 0.1) is 20.3 Å². The second-order valence-electron chi connectivity index (χ2n) is 7.43. The van der Waals surface area contributed by atoms with Crippen LogP contribution >= 0.6 is 0 Å². The van der Waals surface area contributed by atoms with Crippen LogP contribution in [0.1, 0.15) is 56.0 Å². The van der Waals surface area contributed by atoms with Gasteiger partial charge in [-0.25, -0.2) is 0 Å². The Hall–Kier alpha value is -2.69. The van der Waals surface area contributed by atoms with Crippen LogP contribution in [0.3, 0.4) is 0 Å². The van der Waals surface area contributed by atoms with Gasteiger partial charge in [0.15, 0.2) is 11.5 Å². The highest BCUT2D eigenvalue weighted by molar-refractivity contribution is 5.94. The molecular formula is C24H33NO4. The third-order valence-electron chi connectivity index (χ3n) is 4.52. The topological polar surface area (TPSA) is 56.8 Å². The number of carbonyl (C=O) groups excluding carboxylic acids is 1. The third-order valence-corrected chi connectivity index (χ3v) is 4.52. The van der Waals surface area contributed by atoms with E-state index in [1.165, 1.54) is 0 Å². The number of carbonyl (C=O) groups is 1. The molecule has 158 valence electrons. The Morgan fingerprint density at radius 3 is 2.41 bits per heavy atom. The van der Waals surface area contributed by atoms with E-state index in [9.17, 15) is 4.79 Å². The molecule has 0 aliphatic heterocycles. The monoisotopic (exact) mass is 399 g/mol. The van der Waals surface area contributed by atoms with Crippen molar-refractivity contribution in [2.75, 3.05) is 20.3 Å². The van der Waals surface area contributed by atoms with Gasteiger partial charge in [-0.1, -0.05) is 33.3 Å². The highest BCUT2D eigenvalue weighted by Crippen LogP contribution is 2.28. The molecule has 1 N–H and O–H groups in total. The van der Waals surface area contributed by atoms with Crippen LogP contribution in [0, 0.1) is 5.92 Å². The maximum atomic E-state index is 12.4. The number of hydrogen-bond donors (Lipinski definition) is 1. The van der Waals surface area contributed by atoms with Crippen LogP contribution < -0.4 is 19.5 Å². The van der Waals surface area contributed by atoms with Crippen molar-refractivity contribution < 1.29 is 19.0 Å². The molecule has 0 saturated heterocycles. The predicted molar refractivity (Wildman–Crippen MR) is 116 cm³/mol. The molecule has 1 amide bonds. The van der Waals surface area contributed by atoms with Gasteiger partial charge >= 0.3 is 0 Å². The summed E-state index contributed by atoms with van der Waals surface area (Å²) in [4.78, 5) is 12.4. The normalized spacial score (nSPS) is 10.7. The van der Waals surface area contributed by atoms with Gasteiger partial charge in [-0.3, -0.25) is 4.79 Å². The minimum absolute atomic E-state index is 0.124. The molecule has 0 aromatic heterocycles. The maximum Gasteiger partial charge on any atom is 0.251 e. The molecule has 5 heteroatoms. The van der Waals surface area contributed by atoms with Gasteiger partial charge in [0.2, 0.25) is 0 Å². The fourth-order valence-electron chi connectivity index (χ4n) is 2.67. The smallest absolute Gasteiger partial charge is 0.251 e. The number of benzene rings is 2. The van der Waals surface area contributed by atoms with Gasteiger partial charge in [-0.05, 0) is 60.7 Å². The van der Waals surface area contributed by atoms with Crippen LogP contribution in [-0.4, -0.2) is 26.2 Å². The fraction of sp³-hybridized carbons (Fsp3) is 0.458. The Kier molecular flexibility index (Phi) is 9.35. The molecule has 5 nitrogen and oxygen atoms in total. The second-order valence-corrected chi connectivity index (χ2v) is 7.43. The lowest BCUT2D eigenvalue weighted by Crippen LogP contribution is -2.22. The lowest BCUT2D eigenvalue weighted by Gasteiger charge is -2.13. The standard InChI is InChI=1S/C24H33NO4/c1-5-6-14-29-22-12-7-19(16-23(22)27-4)17-25-24(26)20-8-10-21(11-9-20)28-15-13-18(2)3/h7-12,16,18H,5-6,13-15,17H2,1-4H3,(H,25,26). The highest BCUT2D eigenvalue weighted by atomic mass is 16.5. The van der Waals surface area contributed by atoms with Gasteiger partial charge in [0.1, 0.15) is 5.75 Å². The molecule has 0 atom stereocenters. The third kappa shape index (κ3) is 7.68. The summed E-state index contributed by atoms with van der Waals surface area (Å²) in [5.74, 6) is 2.67. The van der Waals surface area contributed by atoms with Gasteiger partial charge < -0.3 is 19.5 Å². The Morgan fingerprint density at radius 1 is 1.00 bits per heavy atom. The van der Waals surface area contributed by atoms with E-state index in [-0.39, 0.29) is 5.91 Å². The molecule has 0 fully saturated rings. The summed E-state index contributed by atoms with van der Waals surface area (Å²) in [5, 5.41) is 2.94. The molecule has 2 rings (SSSR count). The van der Waals surface area contributed by atoms with Crippen molar-refractivity contribution in [3.63, 3.8) is 0 Å². The Balaban J connectivity index is 1.88. The Labute approximate surface area is 174 Å². The first-order chi connectivity index (χ1) is 14.0. The molecule has 2 aromatic rings. The first kappa shape index (κ1) is 22.6. The van der Waals surface area contributed by atoms with Crippen molar-refractivity contribution in [2.24, 2.45) is 5.92 Å².